The van der Waals surface area contributed by atoms with Crippen molar-refractivity contribution in [3.63, 3.8) is 0 Å². The molecule has 1 atom stereocenters. The van der Waals surface area contributed by atoms with E-state index in [0.717, 1.165) is 20.8 Å². The van der Waals surface area contributed by atoms with Crippen LogP contribution in [0.2, 0.25) is 0 Å². The molecule has 0 spiro atoms. The predicted molar refractivity (Wildman–Crippen MR) is 131 cm³/mol. The molecule has 3 rings (SSSR count). The van der Waals surface area contributed by atoms with Gasteiger partial charge in [-0.25, -0.2) is 0 Å². The molecule has 0 aliphatic rings. The highest BCUT2D eigenvalue weighted by atomic mass is 79.9. The molecule has 0 radical (unpaired) electrons. The van der Waals surface area contributed by atoms with Crippen LogP contribution in [0.25, 0.3) is 10.8 Å². The SMILES string of the molecule is C[C@H](C(=O)NC(C)(C)C)N(Cc1ccc(Br)cc1)C(=O)COc1cccc2ccccc12. The molecule has 3 aromatic carbocycles. The Morgan fingerprint density at radius 1 is 1.00 bits per heavy atom. The highest BCUT2D eigenvalue weighted by Gasteiger charge is 2.28. The average Bonchev–Trinajstić information content (AvgIpc) is 2.75. The quantitative estimate of drug-likeness (QED) is 0.481. The van der Waals surface area contributed by atoms with E-state index in [4.69, 9.17) is 4.74 Å². The third kappa shape index (κ3) is 6.33. The van der Waals surface area contributed by atoms with Crippen molar-refractivity contribution >= 4 is 38.5 Å². The van der Waals surface area contributed by atoms with Crippen molar-refractivity contribution < 1.29 is 14.3 Å². The van der Waals surface area contributed by atoms with Gasteiger partial charge >= 0.3 is 0 Å². The summed E-state index contributed by atoms with van der Waals surface area (Å²) in [4.78, 5) is 27.7. The van der Waals surface area contributed by atoms with Gasteiger partial charge in [-0.1, -0.05) is 64.5 Å². The van der Waals surface area contributed by atoms with Crippen molar-refractivity contribution in [1.29, 1.82) is 0 Å². The molecule has 0 aromatic heterocycles. The summed E-state index contributed by atoms with van der Waals surface area (Å²) >= 11 is 3.43. The lowest BCUT2D eigenvalue weighted by Gasteiger charge is -2.31. The molecule has 0 aliphatic heterocycles. The van der Waals surface area contributed by atoms with Gasteiger partial charge in [0.15, 0.2) is 6.61 Å². The number of hydrogen-bond acceptors (Lipinski definition) is 3. The summed E-state index contributed by atoms with van der Waals surface area (Å²) < 4.78 is 6.87. The number of nitrogens with zero attached hydrogens (tertiary/aromatic N) is 1. The van der Waals surface area contributed by atoms with Crippen LogP contribution in [-0.4, -0.2) is 34.9 Å². The molecule has 5 nitrogen and oxygen atoms in total. The zero-order valence-electron chi connectivity index (χ0n) is 18.9. The summed E-state index contributed by atoms with van der Waals surface area (Å²) in [6, 6.07) is 20.7. The molecule has 0 saturated heterocycles. The molecule has 0 fully saturated rings. The number of amides is 2. The summed E-state index contributed by atoms with van der Waals surface area (Å²) in [7, 11) is 0. The van der Waals surface area contributed by atoms with Crippen LogP contribution >= 0.6 is 15.9 Å². The summed E-state index contributed by atoms with van der Waals surface area (Å²) in [5, 5.41) is 4.95. The first-order chi connectivity index (χ1) is 15.1. The molecular weight excluding hydrogens is 468 g/mol. The van der Waals surface area contributed by atoms with E-state index in [0.29, 0.717) is 12.3 Å². The van der Waals surface area contributed by atoms with Crippen LogP contribution in [0.1, 0.15) is 33.3 Å². The lowest BCUT2D eigenvalue weighted by molar-refractivity contribution is -0.142. The fourth-order valence-electron chi connectivity index (χ4n) is 3.39. The molecular formula is C26H29BrN2O3. The van der Waals surface area contributed by atoms with Crippen LogP contribution < -0.4 is 10.1 Å². The number of halogens is 1. The minimum atomic E-state index is -0.651. The Bertz CT molecular complexity index is 1080. The summed E-state index contributed by atoms with van der Waals surface area (Å²) in [6.45, 7) is 7.66. The topological polar surface area (TPSA) is 58.6 Å². The number of nitrogens with one attached hydrogen (secondary N) is 1. The lowest BCUT2D eigenvalue weighted by Crippen LogP contribution is -2.53. The second-order valence-electron chi connectivity index (χ2n) is 8.83. The van der Waals surface area contributed by atoms with E-state index in [1.807, 2.05) is 87.5 Å². The number of hydrogen-bond donors (Lipinski definition) is 1. The van der Waals surface area contributed by atoms with Crippen molar-refractivity contribution in [1.82, 2.24) is 10.2 Å². The van der Waals surface area contributed by atoms with Crippen LogP contribution in [0.3, 0.4) is 0 Å². The minimum absolute atomic E-state index is 0.155. The van der Waals surface area contributed by atoms with E-state index in [1.165, 1.54) is 0 Å². The Hall–Kier alpha value is -2.86. The molecule has 168 valence electrons. The van der Waals surface area contributed by atoms with E-state index in [-0.39, 0.29) is 18.4 Å². The fourth-order valence-corrected chi connectivity index (χ4v) is 3.65. The van der Waals surface area contributed by atoms with Crippen molar-refractivity contribution in [2.75, 3.05) is 6.61 Å². The van der Waals surface area contributed by atoms with E-state index >= 15 is 0 Å². The zero-order chi connectivity index (χ0) is 23.3. The number of carbonyl (C=O) groups excluding carboxylic acids is 2. The maximum Gasteiger partial charge on any atom is 0.261 e. The van der Waals surface area contributed by atoms with Crippen molar-refractivity contribution in [2.45, 2.75) is 45.8 Å². The molecule has 0 heterocycles. The molecule has 0 unspecified atom stereocenters. The largest absolute Gasteiger partial charge is 0.483 e. The number of carbonyl (C=O) groups is 2. The van der Waals surface area contributed by atoms with E-state index in [2.05, 4.69) is 21.2 Å². The Labute approximate surface area is 197 Å². The van der Waals surface area contributed by atoms with Crippen LogP contribution in [0, 0.1) is 0 Å². The van der Waals surface area contributed by atoms with Gasteiger partial charge in [-0.2, -0.15) is 0 Å². The molecule has 0 aliphatic carbocycles. The Kier molecular flexibility index (Phi) is 7.56. The van der Waals surface area contributed by atoms with Crippen LogP contribution in [0.5, 0.6) is 5.75 Å². The predicted octanol–water partition coefficient (Wildman–Crippen LogP) is 5.31. The molecule has 1 N–H and O–H groups in total. The van der Waals surface area contributed by atoms with Gasteiger partial charge < -0.3 is 15.0 Å². The second kappa shape index (κ2) is 10.2. The monoisotopic (exact) mass is 496 g/mol. The molecule has 0 saturated carbocycles. The molecule has 32 heavy (non-hydrogen) atoms. The van der Waals surface area contributed by atoms with Crippen LogP contribution in [0.4, 0.5) is 0 Å². The minimum Gasteiger partial charge on any atom is -0.483 e. The Balaban J connectivity index is 1.80. The van der Waals surface area contributed by atoms with Crippen molar-refractivity contribution in [2.24, 2.45) is 0 Å². The summed E-state index contributed by atoms with van der Waals surface area (Å²) in [5.74, 6) is 0.192. The maximum absolute atomic E-state index is 13.2. The number of benzene rings is 3. The van der Waals surface area contributed by atoms with Crippen molar-refractivity contribution in [3.05, 3.63) is 76.8 Å². The number of fused-ring (bicyclic) bond motifs is 1. The Morgan fingerprint density at radius 2 is 1.66 bits per heavy atom. The lowest BCUT2D eigenvalue weighted by atomic mass is 10.1. The first-order valence-corrected chi connectivity index (χ1v) is 11.4. The Morgan fingerprint density at radius 3 is 2.34 bits per heavy atom. The normalized spacial score (nSPS) is 12.3. The van der Waals surface area contributed by atoms with Gasteiger partial charge in [0.1, 0.15) is 11.8 Å². The molecule has 3 aromatic rings. The van der Waals surface area contributed by atoms with Gasteiger partial charge in [-0.15, -0.1) is 0 Å². The number of rotatable bonds is 7. The van der Waals surface area contributed by atoms with Gasteiger partial charge in [0.05, 0.1) is 0 Å². The standard InChI is InChI=1S/C26H29BrN2O3/c1-18(25(31)28-26(2,3)4)29(16-19-12-14-21(27)15-13-19)24(30)17-32-23-11-7-9-20-8-5-6-10-22(20)23/h5-15,18H,16-17H2,1-4H3,(H,28,31)/t18-/m1/s1. The first kappa shape index (κ1) is 23.8. The van der Waals surface area contributed by atoms with Gasteiger partial charge in [0.25, 0.3) is 5.91 Å². The average molecular weight is 497 g/mol. The third-order valence-corrected chi connectivity index (χ3v) is 5.56. The van der Waals surface area contributed by atoms with Gasteiger partial charge in [0, 0.05) is 21.9 Å². The maximum atomic E-state index is 13.2. The van der Waals surface area contributed by atoms with Gasteiger partial charge in [-0.3, -0.25) is 9.59 Å². The molecule has 6 heteroatoms. The smallest absolute Gasteiger partial charge is 0.261 e. The number of ether oxygens (including phenoxy) is 1. The highest BCUT2D eigenvalue weighted by molar-refractivity contribution is 9.10. The summed E-state index contributed by atoms with van der Waals surface area (Å²) in [5.41, 5.74) is 0.541. The van der Waals surface area contributed by atoms with Crippen LogP contribution in [-0.2, 0) is 16.1 Å². The highest BCUT2D eigenvalue weighted by Crippen LogP contribution is 2.25. The van der Waals surface area contributed by atoms with E-state index < -0.39 is 11.6 Å². The second-order valence-corrected chi connectivity index (χ2v) is 9.74. The molecule has 2 amide bonds. The van der Waals surface area contributed by atoms with Gasteiger partial charge in [-0.05, 0) is 56.8 Å². The van der Waals surface area contributed by atoms with Crippen LogP contribution in [0.15, 0.2) is 71.2 Å². The third-order valence-electron chi connectivity index (χ3n) is 5.03. The van der Waals surface area contributed by atoms with E-state index in [9.17, 15) is 9.59 Å². The fraction of sp³-hybridized carbons (Fsp3) is 0.308. The zero-order valence-corrected chi connectivity index (χ0v) is 20.5. The van der Waals surface area contributed by atoms with Gasteiger partial charge in [0.2, 0.25) is 5.91 Å². The van der Waals surface area contributed by atoms with E-state index in [1.54, 1.807) is 11.8 Å². The van der Waals surface area contributed by atoms with Crippen molar-refractivity contribution in [3.8, 4) is 5.75 Å². The first-order valence-electron chi connectivity index (χ1n) is 10.6. The molecule has 0 bridgehead atoms. The summed E-state index contributed by atoms with van der Waals surface area (Å²) in [6.07, 6.45) is 0.